The van der Waals surface area contributed by atoms with Crippen LogP contribution in [0.2, 0.25) is 0 Å². The average molecular weight is 366 g/mol. The Morgan fingerprint density at radius 3 is 2.50 bits per heavy atom. The van der Waals surface area contributed by atoms with Gasteiger partial charge in [0.25, 0.3) is 0 Å². The third-order valence-electron chi connectivity index (χ3n) is 4.61. The van der Waals surface area contributed by atoms with Crippen LogP contribution < -0.4 is 5.32 Å². The Bertz CT molecular complexity index is 694. The highest BCUT2D eigenvalue weighted by Crippen LogP contribution is 2.28. The molecule has 1 fully saturated rings. The Morgan fingerprint density at radius 1 is 1.12 bits per heavy atom. The first-order valence-electron chi connectivity index (χ1n) is 8.50. The first-order valence-corrected chi connectivity index (χ1v) is 8.50. The number of anilines is 1. The fourth-order valence-corrected chi connectivity index (χ4v) is 3.19. The van der Waals surface area contributed by atoms with Crippen LogP contribution in [0.5, 0.6) is 0 Å². The summed E-state index contributed by atoms with van der Waals surface area (Å²) < 4.78 is 37.8. The van der Waals surface area contributed by atoms with E-state index >= 15 is 0 Å². The summed E-state index contributed by atoms with van der Waals surface area (Å²) in [6, 6.07) is 12.1. The Balaban J connectivity index is 1.65. The minimum absolute atomic E-state index is 0.0188. The van der Waals surface area contributed by atoms with Gasteiger partial charge in [0, 0.05) is 31.7 Å². The number of likely N-dealkylation sites (tertiary alicyclic amines) is 1. The van der Waals surface area contributed by atoms with Crippen LogP contribution in [0, 0.1) is 5.92 Å². The second kappa shape index (κ2) is 8.01. The highest BCUT2D eigenvalue weighted by atomic mass is 19.4. The molecule has 1 aromatic heterocycles. The number of halogens is 3. The van der Waals surface area contributed by atoms with Crippen molar-refractivity contribution in [3.8, 4) is 0 Å². The molecule has 0 spiro atoms. The van der Waals surface area contributed by atoms with E-state index in [0.29, 0.717) is 6.54 Å². The van der Waals surface area contributed by atoms with Crippen LogP contribution in [0.3, 0.4) is 0 Å². The van der Waals surface area contributed by atoms with E-state index in [1.165, 1.54) is 11.6 Å². The van der Waals surface area contributed by atoms with Crippen LogP contribution in [0.15, 0.2) is 42.5 Å². The lowest BCUT2D eigenvalue weighted by atomic mass is 9.92. The number of nitrogens with zero attached hydrogens (tertiary/aromatic N) is 3. The molecule has 2 unspecified atom stereocenters. The predicted octanol–water partition coefficient (Wildman–Crippen LogP) is 2.79. The second-order valence-corrected chi connectivity index (χ2v) is 6.50. The molecule has 1 saturated heterocycles. The maximum absolute atomic E-state index is 12.6. The summed E-state index contributed by atoms with van der Waals surface area (Å²) in [6.07, 6.45) is -3.70. The van der Waals surface area contributed by atoms with E-state index in [1.54, 1.807) is 0 Å². The third kappa shape index (κ3) is 4.70. The lowest BCUT2D eigenvalue weighted by Crippen LogP contribution is -2.48. The van der Waals surface area contributed by atoms with Gasteiger partial charge in [0.2, 0.25) is 0 Å². The van der Waals surface area contributed by atoms with E-state index in [1.807, 2.05) is 18.2 Å². The third-order valence-corrected chi connectivity index (χ3v) is 4.61. The van der Waals surface area contributed by atoms with Gasteiger partial charge in [-0.3, -0.25) is 4.90 Å². The maximum Gasteiger partial charge on any atom is 0.435 e. The van der Waals surface area contributed by atoms with Crippen molar-refractivity contribution in [3.05, 3.63) is 53.7 Å². The summed E-state index contributed by atoms with van der Waals surface area (Å²) in [5.41, 5.74) is 0.180. The molecule has 140 valence electrons. The minimum atomic E-state index is -4.50. The van der Waals surface area contributed by atoms with Crippen LogP contribution in [0.1, 0.15) is 17.7 Å². The van der Waals surface area contributed by atoms with Crippen molar-refractivity contribution in [3.63, 3.8) is 0 Å². The van der Waals surface area contributed by atoms with Crippen molar-refractivity contribution in [1.82, 2.24) is 15.1 Å². The Morgan fingerprint density at radius 2 is 1.88 bits per heavy atom. The van der Waals surface area contributed by atoms with Gasteiger partial charge in [-0.05, 0) is 30.7 Å². The highest BCUT2D eigenvalue weighted by molar-refractivity contribution is 5.35. The monoisotopic (exact) mass is 366 g/mol. The predicted molar refractivity (Wildman–Crippen MR) is 91.4 cm³/mol. The quantitative estimate of drug-likeness (QED) is 0.852. The summed E-state index contributed by atoms with van der Waals surface area (Å²) >= 11 is 0. The fraction of sp³-hybridized carbons (Fsp3) is 0.444. The SMILES string of the molecule is OCC1CCN(Cc2ccccc2)CC1Nc1ccc(C(F)(F)F)nn1. The number of nitrogens with one attached hydrogen (secondary N) is 1. The summed E-state index contributed by atoms with van der Waals surface area (Å²) in [6.45, 7) is 2.33. The number of hydrogen-bond donors (Lipinski definition) is 2. The molecule has 1 aromatic carbocycles. The molecule has 1 aliphatic rings. The smallest absolute Gasteiger partial charge is 0.396 e. The minimum Gasteiger partial charge on any atom is -0.396 e. The van der Waals surface area contributed by atoms with Crippen molar-refractivity contribution in [1.29, 1.82) is 0 Å². The van der Waals surface area contributed by atoms with Crippen molar-refractivity contribution in [2.75, 3.05) is 25.0 Å². The summed E-state index contributed by atoms with van der Waals surface area (Å²) in [7, 11) is 0. The van der Waals surface area contributed by atoms with Gasteiger partial charge in [-0.15, -0.1) is 10.2 Å². The van der Waals surface area contributed by atoms with Gasteiger partial charge in [-0.1, -0.05) is 30.3 Å². The van der Waals surface area contributed by atoms with Gasteiger partial charge in [0.05, 0.1) is 0 Å². The standard InChI is InChI=1S/C18H21F3N4O/c19-18(20,21)16-6-7-17(24-23-16)22-15-11-25(9-8-14(15)12-26)10-13-4-2-1-3-5-13/h1-7,14-15,26H,8-12H2,(H,22,24). The van der Waals surface area contributed by atoms with Crippen molar-refractivity contribution < 1.29 is 18.3 Å². The van der Waals surface area contributed by atoms with E-state index in [2.05, 4.69) is 32.5 Å². The summed E-state index contributed by atoms with van der Waals surface area (Å²) in [5.74, 6) is 0.300. The van der Waals surface area contributed by atoms with Gasteiger partial charge in [0.15, 0.2) is 5.69 Å². The van der Waals surface area contributed by atoms with Crippen molar-refractivity contribution in [2.24, 2.45) is 5.92 Å². The molecule has 2 heterocycles. The van der Waals surface area contributed by atoms with E-state index in [4.69, 9.17) is 0 Å². The largest absolute Gasteiger partial charge is 0.435 e. The molecule has 8 heteroatoms. The van der Waals surface area contributed by atoms with Gasteiger partial charge in [-0.25, -0.2) is 0 Å². The zero-order valence-electron chi connectivity index (χ0n) is 14.2. The zero-order valence-corrected chi connectivity index (χ0v) is 14.2. The van der Waals surface area contributed by atoms with Crippen molar-refractivity contribution in [2.45, 2.75) is 25.2 Å². The van der Waals surface area contributed by atoms with E-state index in [-0.39, 0.29) is 24.4 Å². The van der Waals surface area contributed by atoms with Gasteiger partial charge < -0.3 is 10.4 Å². The average Bonchev–Trinajstić information content (AvgIpc) is 2.63. The molecule has 5 nitrogen and oxygen atoms in total. The van der Waals surface area contributed by atoms with Crippen LogP contribution in [-0.2, 0) is 12.7 Å². The Kier molecular flexibility index (Phi) is 5.73. The number of hydrogen-bond acceptors (Lipinski definition) is 5. The van der Waals surface area contributed by atoms with Crippen LogP contribution in [0.25, 0.3) is 0 Å². The van der Waals surface area contributed by atoms with Crippen molar-refractivity contribution >= 4 is 5.82 Å². The van der Waals surface area contributed by atoms with E-state index < -0.39 is 11.9 Å². The highest BCUT2D eigenvalue weighted by Gasteiger charge is 2.33. The number of alkyl halides is 3. The molecular formula is C18H21F3N4O. The van der Waals surface area contributed by atoms with Gasteiger partial charge in [-0.2, -0.15) is 13.2 Å². The number of piperidine rings is 1. The number of aliphatic hydroxyl groups excluding tert-OH is 1. The van der Waals surface area contributed by atoms with Crippen LogP contribution in [0.4, 0.5) is 19.0 Å². The van der Waals surface area contributed by atoms with Crippen LogP contribution >= 0.6 is 0 Å². The van der Waals surface area contributed by atoms with Crippen LogP contribution in [-0.4, -0.2) is 45.9 Å². The summed E-state index contributed by atoms with van der Waals surface area (Å²) in [4.78, 5) is 2.26. The molecule has 26 heavy (non-hydrogen) atoms. The number of rotatable bonds is 5. The molecule has 1 aliphatic heterocycles. The first-order chi connectivity index (χ1) is 12.5. The van der Waals surface area contributed by atoms with E-state index in [9.17, 15) is 18.3 Å². The molecular weight excluding hydrogens is 345 g/mol. The molecule has 0 saturated carbocycles. The molecule has 2 N–H and O–H groups in total. The van der Waals surface area contributed by atoms with Gasteiger partial charge in [0.1, 0.15) is 5.82 Å². The first kappa shape index (κ1) is 18.6. The molecule has 3 rings (SSSR count). The van der Waals surface area contributed by atoms with E-state index in [0.717, 1.165) is 25.6 Å². The number of aliphatic hydroxyl groups is 1. The number of benzene rings is 1. The summed E-state index contributed by atoms with van der Waals surface area (Å²) in [5, 5.41) is 19.6. The Labute approximate surface area is 149 Å². The normalized spacial score (nSPS) is 21.5. The van der Waals surface area contributed by atoms with Gasteiger partial charge >= 0.3 is 6.18 Å². The lowest BCUT2D eigenvalue weighted by Gasteiger charge is -2.38. The molecule has 0 amide bonds. The molecule has 0 bridgehead atoms. The molecule has 2 aromatic rings. The zero-order chi connectivity index (χ0) is 18.6. The fourth-order valence-electron chi connectivity index (χ4n) is 3.19. The molecule has 0 radical (unpaired) electrons. The lowest BCUT2D eigenvalue weighted by molar-refractivity contribution is -0.141. The molecule has 2 atom stereocenters. The maximum atomic E-state index is 12.6. The number of aromatic nitrogens is 2. The Hall–Kier alpha value is -2.19. The topological polar surface area (TPSA) is 61.3 Å². The molecule has 0 aliphatic carbocycles. The second-order valence-electron chi connectivity index (χ2n) is 6.50.